The molecular formula is C17H18ClN3O2. The maximum atomic E-state index is 6.32. The van der Waals surface area contributed by atoms with Crippen molar-refractivity contribution in [2.24, 2.45) is 0 Å². The number of aryl methyl sites for hydroxylation is 1. The Hall–Kier alpha value is -2.27. The fourth-order valence-electron chi connectivity index (χ4n) is 2.41. The lowest BCUT2D eigenvalue weighted by Crippen LogP contribution is -2.08. The van der Waals surface area contributed by atoms with Crippen molar-refractivity contribution in [1.29, 1.82) is 0 Å². The molecule has 0 saturated heterocycles. The molecule has 6 heteroatoms. The number of aromatic nitrogens is 2. The first-order valence-electron chi connectivity index (χ1n) is 7.45. The Morgan fingerprint density at radius 2 is 2.13 bits per heavy atom. The van der Waals surface area contributed by atoms with E-state index in [0.29, 0.717) is 10.8 Å². The van der Waals surface area contributed by atoms with Gasteiger partial charge in [-0.25, -0.2) is 9.97 Å². The first-order chi connectivity index (χ1) is 11.1. The van der Waals surface area contributed by atoms with E-state index in [2.05, 4.69) is 15.3 Å². The number of hydrogen-bond acceptors (Lipinski definition) is 5. The first-order valence-corrected chi connectivity index (χ1v) is 7.83. The van der Waals surface area contributed by atoms with Gasteiger partial charge in [-0.1, -0.05) is 18.5 Å². The van der Waals surface area contributed by atoms with Crippen molar-refractivity contribution in [1.82, 2.24) is 9.97 Å². The molecule has 0 aliphatic rings. The average Bonchev–Trinajstić information content (AvgIpc) is 2.99. The Balaban J connectivity index is 1.87. The minimum Gasteiger partial charge on any atom is -0.497 e. The van der Waals surface area contributed by atoms with Gasteiger partial charge in [-0.15, -0.1) is 0 Å². The Bertz CT molecular complexity index is 832. The molecule has 0 aliphatic carbocycles. The van der Waals surface area contributed by atoms with Crippen LogP contribution in [0.2, 0.25) is 5.02 Å². The molecule has 1 atom stereocenters. The molecule has 0 radical (unpaired) electrons. The van der Waals surface area contributed by atoms with Gasteiger partial charge < -0.3 is 14.5 Å². The third kappa shape index (κ3) is 3.10. The van der Waals surface area contributed by atoms with Crippen LogP contribution in [0.1, 0.15) is 31.3 Å². The van der Waals surface area contributed by atoms with E-state index in [9.17, 15) is 0 Å². The van der Waals surface area contributed by atoms with E-state index in [-0.39, 0.29) is 6.04 Å². The number of furan rings is 1. The van der Waals surface area contributed by atoms with Gasteiger partial charge in [0.25, 0.3) is 0 Å². The summed E-state index contributed by atoms with van der Waals surface area (Å²) in [5, 5.41) is 4.83. The minimum absolute atomic E-state index is 0.0782. The number of methoxy groups -OCH3 is 1. The van der Waals surface area contributed by atoms with Gasteiger partial charge in [0.2, 0.25) is 0 Å². The van der Waals surface area contributed by atoms with Crippen molar-refractivity contribution in [3.05, 3.63) is 47.1 Å². The number of hydrogen-bond donors (Lipinski definition) is 1. The predicted octanol–water partition coefficient (Wildman–Crippen LogP) is 4.62. The molecule has 0 fully saturated rings. The van der Waals surface area contributed by atoms with Crippen LogP contribution in [-0.2, 0) is 6.42 Å². The van der Waals surface area contributed by atoms with Crippen LogP contribution in [0.15, 0.2) is 35.0 Å². The molecule has 0 aliphatic heterocycles. The maximum Gasteiger partial charge on any atom is 0.149 e. The molecule has 3 rings (SSSR count). The molecule has 3 aromatic rings. The Morgan fingerprint density at radius 3 is 2.87 bits per heavy atom. The fourth-order valence-corrected chi connectivity index (χ4v) is 2.70. The third-order valence-corrected chi connectivity index (χ3v) is 4.12. The number of rotatable bonds is 5. The van der Waals surface area contributed by atoms with E-state index >= 15 is 0 Å². The molecular weight excluding hydrogens is 314 g/mol. The van der Waals surface area contributed by atoms with E-state index < -0.39 is 0 Å². The number of nitrogens with zero attached hydrogens (tertiary/aromatic N) is 2. The molecule has 1 unspecified atom stereocenters. The zero-order valence-electron chi connectivity index (χ0n) is 13.3. The van der Waals surface area contributed by atoms with Gasteiger partial charge in [0.15, 0.2) is 0 Å². The van der Waals surface area contributed by atoms with Gasteiger partial charge in [-0.05, 0) is 37.6 Å². The monoisotopic (exact) mass is 331 g/mol. The summed E-state index contributed by atoms with van der Waals surface area (Å²) in [6.07, 6.45) is 2.28. The molecule has 2 heterocycles. The first kappa shape index (κ1) is 15.6. The van der Waals surface area contributed by atoms with Crippen LogP contribution in [0.25, 0.3) is 11.0 Å². The fraction of sp³-hybridized carbons (Fsp3) is 0.294. The standard InChI is InChI=1S/C17H18ClN3O2/c1-4-13-16(18)17(20-9-19-13)21-10(2)15-8-11-7-12(22-3)5-6-14(11)23-15/h5-10H,4H2,1-3H3,(H,19,20,21). The average molecular weight is 332 g/mol. The van der Waals surface area contributed by atoms with Crippen molar-refractivity contribution in [2.45, 2.75) is 26.3 Å². The van der Waals surface area contributed by atoms with E-state index in [1.807, 2.05) is 38.1 Å². The molecule has 0 saturated carbocycles. The lowest BCUT2D eigenvalue weighted by atomic mass is 10.2. The van der Waals surface area contributed by atoms with Crippen LogP contribution in [0.5, 0.6) is 5.75 Å². The smallest absolute Gasteiger partial charge is 0.149 e. The van der Waals surface area contributed by atoms with E-state index in [4.69, 9.17) is 20.8 Å². The van der Waals surface area contributed by atoms with Crippen molar-refractivity contribution in [3.63, 3.8) is 0 Å². The topological polar surface area (TPSA) is 60.2 Å². The van der Waals surface area contributed by atoms with Gasteiger partial charge >= 0.3 is 0 Å². The van der Waals surface area contributed by atoms with Crippen LogP contribution in [-0.4, -0.2) is 17.1 Å². The molecule has 1 N–H and O–H groups in total. The second kappa shape index (κ2) is 6.46. The SMILES string of the molecule is CCc1ncnc(NC(C)c2cc3cc(OC)ccc3o2)c1Cl. The number of benzene rings is 1. The van der Waals surface area contributed by atoms with Gasteiger partial charge in [-0.3, -0.25) is 0 Å². The number of fused-ring (bicyclic) bond motifs is 1. The summed E-state index contributed by atoms with van der Waals surface area (Å²) in [5.41, 5.74) is 1.64. The summed E-state index contributed by atoms with van der Waals surface area (Å²) < 4.78 is 11.1. The van der Waals surface area contributed by atoms with Gasteiger partial charge in [0, 0.05) is 5.39 Å². The quantitative estimate of drug-likeness (QED) is 0.739. The van der Waals surface area contributed by atoms with Crippen LogP contribution in [0.3, 0.4) is 0 Å². The summed E-state index contributed by atoms with van der Waals surface area (Å²) in [5.74, 6) is 2.22. The second-order valence-electron chi connectivity index (χ2n) is 5.26. The molecule has 2 aromatic heterocycles. The molecule has 0 amide bonds. The summed E-state index contributed by atoms with van der Waals surface area (Å²) >= 11 is 6.32. The summed E-state index contributed by atoms with van der Waals surface area (Å²) in [4.78, 5) is 8.39. The molecule has 120 valence electrons. The van der Waals surface area contributed by atoms with Crippen LogP contribution < -0.4 is 10.1 Å². The lowest BCUT2D eigenvalue weighted by molar-refractivity contribution is 0.415. The largest absolute Gasteiger partial charge is 0.497 e. The molecule has 0 bridgehead atoms. The number of ether oxygens (including phenoxy) is 1. The minimum atomic E-state index is -0.0782. The normalized spacial score (nSPS) is 12.3. The van der Waals surface area contributed by atoms with Crippen molar-refractivity contribution < 1.29 is 9.15 Å². The highest BCUT2D eigenvalue weighted by Crippen LogP contribution is 2.30. The van der Waals surface area contributed by atoms with Gasteiger partial charge in [-0.2, -0.15) is 0 Å². The number of nitrogens with one attached hydrogen (secondary N) is 1. The predicted molar refractivity (Wildman–Crippen MR) is 91.2 cm³/mol. The molecule has 23 heavy (non-hydrogen) atoms. The highest BCUT2D eigenvalue weighted by molar-refractivity contribution is 6.33. The van der Waals surface area contributed by atoms with Crippen molar-refractivity contribution in [2.75, 3.05) is 12.4 Å². The van der Waals surface area contributed by atoms with Crippen LogP contribution >= 0.6 is 11.6 Å². The second-order valence-corrected chi connectivity index (χ2v) is 5.63. The zero-order chi connectivity index (χ0) is 16.4. The summed E-state index contributed by atoms with van der Waals surface area (Å²) in [6.45, 7) is 4.01. The third-order valence-electron chi connectivity index (χ3n) is 3.72. The van der Waals surface area contributed by atoms with Crippen molar-refractivity contribution >= 4 is 28.4 Å². The number of anilines is 1. The Kier molecular flexibility index (Phi) is 4.39. The van der Waals surface area contributed by atoms with E-state index in [1.165, 1.54) is 6.33 Å². The van der Waals surface area contributed by atoms with Gasteiger partial charge in [0.05, 0.1) is 18.8 Å². The molecule has 0 spiro atoms. The van der Waals surface area contributed by atoms with Gasteiger partial charge in [0.1, 0.15) is 34.3 Å². The Morgan fingerprint density at radius 1 is 1.30 bits per heavy atom. The summed E-state index contributed by atoms with van der Waals surface area (Å²) in [7, 11) is 1.65. The Labute approximate surface area is 139 Å². The van der Waals surface area contributed by atoms with Crippen LogP contribution in [0.4, 0.5) is 5.82 Å². The highest BCUT2D eigenvalue weighted by atomic mass is 35.5. The summed E-state index contributed by atoms with van der Waals surface area (Å²) in [6, 6.07) is 7.64. The lowest BCUT2D eigenvalue weighted by Gasteiger charge is -2.14. The van der Waals surface area contributed by atoms with E-state index in [0.717, 1.165) is 34.6 Å². The molecule has 5 nitrogen and oxygen atoms in total. The zero-order valence-corrected chi connectivity index (χ0v) is 14.0. The van der Waals surface area contributed by atoms with E-state index in [1.54, 1.807) is 7.11 Å². The number of halogens is 1. The maximum absolute atomic E-state index is 6.32. The molecule has 1 aromatic carbocycles. The van der Waals surface area contributed by atoms with Crippen LogP contribution in [0, 0.1) is 0 Å². The highest BCUT2D eigenvalue weighted by Gasteiger charge is 2.15. The van der Waals surface area contributed by atoms with Crippen molar-refractivity contribution in [3.8, 4) is 5.75 Å².